The average Bonchev–Trinajstić information content (AvgIpc) is 2.93. The minimum Gasteiger partial charge on any atom is -0.397 e. The van der Waals surface area contributed by atoms with E-state index in [1.54, 1.807) is 6.07 Å². The van der Waals surface area contributed by atoms with Crippen LogP contribution < -0.4 is 10.6 Å². The molecule has 2 bridgehead atoms. The molecule has 0 aromatic heterocycles. The lowest BCUT2D eigenvalue weighted by Crippen LogP contribution is -2.41. The van der Waals surface area contributed by atoms with E-state index in [4.69, 9.17) is 5.73 Å². The van der Waals surface area contributed by atoms with Crippen molar-refractivity contribution in [3.05, 3.63) is 24.0 Å². The van der Waals surface area contributed by atoms with Gasteiger partial charge in [-0.3, -0.25) is 0 Å². The van der Waals surface area contributed by atoms with Gasteiger partial charge in [0.1, 0.15) is 5.82 Å². The first-order valence-corrected chi connectivity index (χ1v) is 6.65. The largest absolute Gasteiger partial charge is 0.397 e. The summed E-state index contributed by atoms with van der Waals surface area (Å²) in [5.74, 6) is 1.42. The van der Waals surface area contributed by atoms with E-state index < -0.39 is 0 Å². The van der Waals surface area contributed by atoms with Gasteiger partial charge in [-0.15, -0.1) is 0 Å². The van der Waals surface area contributed by atoms with Crippen LogP contribution in [0.4, 0.5) is 15.8 Å². The van der Waals surface area contributed by atoms with Crippen molar-refractivity contribution in [2.75, 3.05) is 17.2 Å². The Bertz CT molecular complexity index is 505. The highest BCUT2D eigenvalue weighted by Crippen LogP contribution is 2.56. The maximum atomic E-state index is 13.4. The summed E-state index contributed by atoms with van der Waals surface area (Å²) in [6.07, 6.45) is 1.98. The summed E-state index contributed by atoms with van der Waals surface area (Å²) in [5.41, 5.74) is 7.33. The topological polar surface area (TPSA) is 49.5 Å². The summed E-state index contributed by atoms with van der Waals surface area (Å²) in [6.45, 7) is 0.913. The highest BCUT2D eigenvalue weighted by Gasteiger charge is 2.59. The third-order valence-electron chi connectivity index (χ3n) is 5.15. The number of nitrogens with zero attached hydrogens (tertiary/aromatic N) is 1. The van der Waals surface area contributed by atoms with Crippen LogP contribution in [0.5, 0.6) is 0 Å². The van der Waals surface area contributed by atoms with Gasteiger partial charge in [0, 0.05) is 6.54 Å². The number of anilines is 2. The van der Waals surface area contributed by atoms with Crippen LogP contribution >= 0.6 is 0 Å². The van der Waals surface area contributed by atoms with Crippen molar-refractivity contribution in [2.45, 2.75) is 25.0 Å². The van der Waals surface area contributed by atoms with Gasteiger partial charge in [0.25, 0.3) is 0 Å². The maximum Gasteiger partial charge on any atom is 0.125 e. The number of benzene rings is 1. The summed E-state index contributed by atoms with van der Waals surface area (Å²) in [6, 6.07) is 4.65. The third kappa shape index (κ3) is 1.21. The number of nitrogens with two attached hydrogens (primary N) is 1. The Morgan fingerprint density at radius 1 is 1.28 bits per heavy atom. The molecule has 3 fully saturated rings. The van der Waals surface area contributed by atoms with Gasteiger partial charge in [-0.1, -0.05) is 0 Å². The fourth-order valence-electron chi connectivity index (χ4n) is 4.46. The van der Waals surface area contributed by atoms with Gasteiger partial charge < -0.3 is 15.7 Å². The normalized spacial score (nSPS) is 40.8. The molecule has 3 N–H and O–H groups in total. The summed E-state index contributed by atoms with van der Waals surface area (Å²) in [4.78, 5) is 2.14. The first-order chi connectivity index (χ1) is 8.65. The quantitative estimate of drug-likeness (QED) is 0.742. The zero-order chi connectivity index (χ0) is 12.4. The SMILES string of the molecule is Nc1ccc(F)cc1N1CC2CC3CC2C1C3O. The maximum absolute atomic E-state index is 13.4. The van der Waals surface area contributed by atoms with Gasteiger partial charge in [-0.05, 0) is 48.8 Å². The smallest absolute Gasteiger partial charge is 0.125 e. The second-order valence-corrected chi connectivity index (χ2v) is 5.99. The van der Waals surface area contributed by atoms with Crippen molar-refractivity contribution in [1.29, 1.82) is 0 Å². The molecule has 3 aliphatic rings. The lowest BCUT2D eigenvalue weighted by Gasteiger charge is -2.31. The minimum atomic E-state index is -0.267. The lowest BCUT2D eigenvalue weighted by atomic mass is 9.88. The Morgan fingerprint density at radius 3 is 2.89 bits per heavy atom. The van der Waals surface area contributed by atoms with Crippen LogP contribution in [0, 0.1) is 23.6 Å². The van der Waals surface area contributed by atoms with E-state index >= 15 is 0 Å². The molecular formula is C14H17FN2O. The molecule has 0 spiro atoms. The Kier molecular flexibility index (Phi) is 1.99. The van der Waals surface area contributed by atoms with Crippen molar-refractivity contribution in [1.82, 2.24) is 0 Å². The number of hydrogen-bond acceptors (Lipinski definition) is 3. The standard InChI is InChI=1S/C14H17FN2O/c15-9-1-2-11(16)12(5-9)17-6-8-3-7-4-10(8)13(17)14(7)18/h1-2,5,7-8,10,13-14,18H,3-4,6,16H2. The number of nitrogen functional groups attached to an aromatic ring is 1. The Morgan fingerprint density at radius 2 is 2.11 bits per heavy atom. The molecule has 1 aromatic carbocycles. The van der Waals surface area contributed by atoms with Gasteiger partial charge >= 0.3 is 0 Å². The van der Waals surface area contributed by atoms with Crippen LogP contribution in [0.1, 0.15) is 12.8 Å². The van der Waals surface area contributed by atoms with Gasteiger partial charge in [0.15, 0.2) is 0 Å². The molecule has 2 saturated carbocycles. The zero-order valence-corrected chi connectivity index (χ0v) is 10.1. The number of hydrogen-bond donors (Lipinski definition) is 2. The first kappa shape index (κ1) is 10.6. The summed E-state index contributed by atoms with van der Waals surface area (Å²) in [5, 5.41) is 10.3. The van der Waals surface area contributed by atoms with Crippen LogP contribution in [-0.2, 0) is 0 Å². The molecule has 3 nitrogen and oxygen atoms in total. The Labute approximate surface area is 105 Å². The predicted octanol–water partition coefficient (Wildman–Crippen LogP) is 1.61. The van der Waals surface area contributed by atoms with Gasteiger partial charge in [0.05, 0.1) is 23.5 Å². The van der Waals surface area contributed by atoms with E-state index in [0.717, 1.165) is 25.1 Å². The molecule has 0 radical (unpaired) electrons. The summed E-state index contributed by atoms with van der Waals surface area (Å²) >= 11 is 0. The second kappa shape index (κ2) is 3.38. The molecule has 1 heterocycles. The van der Waals surface area contributed by atoms with E-state index in [-0.39, 0.29) is 18.0 Å². The zero-order valence-electron chi connectivity index (χ0n) is 10.1. The molecule has 1 aromatic rings. The monoisotopic (exact) mass is 248 g/mol. The molecule has 5 unspecified atom stereocenters. The van der Waals surface area contributed by atoms with Crippen molar-refractivity contribution < 1.29 is 9.50 Å². The van der Waals surface area contributed by atoms with E-state index in [9.17, 15) is 9.50 Å². The molecule has 4 heteroatoms. The molecular weight excluding hydrogens is 231 g/mol. The second-order valence-electron chi connectivity index (χ2n) is 5.99. The number of halogens is 1. The van der Waals surface area contributed by atoms with Crippen LogP contribution in [0.2, 0.25) is 0 Å². The molecule has 96 valence electrons. The number of rotatable bonds is 1. The average molecular weight is 248 g/mol. The molecule has 1 aliphatic heterocycles. The van der Waals surface area contributed by atoms with E-state index in [1.165, 1.54) is 12.1 Å². The van der Waals surface area contributed by atoms with Crippen molar-refractivity contribution in [3.63, 3.8) is 0 Å². The van der Waals surface area contributed by atoms with Gasteiger partial charge in [-0.25, -0.2) is 4.39 Å². The van der Waals surface area contributed by atoms with Gasteiger partial charge in [-0.2, -0.15) is 0 Å². The fraction of sp³-hybridized carbons (Fsp3) is 0.571. The highest BCUT2D eigenvalue weighted by molar-refractivity contribution is 5.69. The predicted molar refractivity (Wildman–Crippen MR) is 67.7 cm³/mol. The molecule has 18 heavy (non-hydrogen) atoms. The molecule has 0 amide bonds. The number of fused-ring (bicyclic) bond motifs is 1. The van der Waals surface area contributed by atoms with E-state index in [1.807, 2.05) is 0 Å². The van der Waals surface area contributed by atoms with Crippen LogP contribution in [0.25, 0.3) is 0 Å². The summed E-state index contributed by atoms with van der Waals surface area (Å²) in [7, 11) is 0. The van der Waals surface area contributed by atoms with Crippen LogP contribution in [-0.4, -0.2) is 23.8 Å². The lowest BCUT2D eigenvalue weighted by molar-refractivity contribution is 0.0967. The molecule has 2 aliphatic carbocycles. The minimum absolute atomic E-state index is 0.151. The first-order valence-electron chi connectivity index (χ1n) is 6.65. The van der Waals surface area contributed by atoms with E-state index in [2.05, 4.69) is 4.90 Å². The number of aliphatic hydroxyl groups is 1. The fourth-order valence-corrected chi connectivity index (χ4v) is 4.46. The third-order valence-corrected chi connectivity index (χ3v) is 5.15. The van der Waals surface area contributed by atoms with Crippen molar-refractivity contribution in [2.24, 2.45) is 17.8 Å². The molecule has 1 saturated heterocycles. The van der Waals surface area contributed by atoms with Crippen molar-refractivity contribution >= 4 is 11.4 Å². The van der Waals surface area contributed by atoms with E-state index in [0.29, 0.717) is 23.4 Å². The van der Waals surface area contributed by atoms with Crippen LogP contribution in [0.3, 0.4) is 0 Å². The van der Waals surface area contributed by atoms with Crippen molar-refractivity contribution in [3.8, 4) is 0 Å². The summed E-state index contributed by atoms with van der Waals surface area (Å²) < 4.78 is 13.4. The number of aliphatic hydroxyl groups excluding tert-OH is 1. The Balaban J connectivity index is 1.76. The highest BCUT2D eigenvalue weighted by atomic mass is 19.1. The Hall–Kier alpha value is -1.29. The van der Waals surface area contributed by atoms with Crippen LogP contribution in [0.15, 0.2) is 18.2 Å². The molecule has 5 atom stereocenters. The molecule has 4 rings (SSSR count). The van der Waals surface area contributed by atoms with Gasteiger partial charge in [0.2, 0.25) is 0 Å².